The summed E-state index contributed by atoms with van der Waals surface area (Å²) in [6, 6.07) is 8.15. The minimum absolute atomic E-state index is 0.0724. The third-order valence-electron chi connectivity index (χ3n) is 5.09. The SMILES string of the molecule is CCCCN(C)C(=O)c1cnc(N2CCN(c3ccc(OC)cc3)CC2)cn1. The molecule has 150 valence electrons. The van der Waals surface area contributed by atoms with Gasteiger partial charge >= 0.3 is 0 Å². The van der Waals surface area contributed by atoms with Gasteiger partial charge < -0.3 is 19.4 Å². The number of carbonyl (C=O) groups excluding carboxylic acids is 1. The van der Waals surface area contributed by atoms with E-state index in [0.29, 0.717) is 5.69 Å². The molecular weight excluding hydrogens is 354 g/mol. The molecule has 1 amide bonds. The fourth-order valence-electron chi connectivity index (χ4n) is 3.27. The van der Waals surface area contributed by atoms with Gasteiger partial charge in [0.25, 0.3) is 5.91 Å². The predicted octanol–water partition coefficient (Wildman–Crippen LogP) is 2.68. The van der Waals surface area contributed by atoms with E-state index in [2.05, 4.69) is 38.8 Å². The van der Waals surface area contributed by atoms with Crippen molar-refractivity contribution < 1.29 is 9.53 Å². The molecule has 2 aromatic rings. The van der Waals surface area contributed by atoms with E-state index in [0.717, 1.165) is 57.1 Å². The normalized spacial score (nSPS) is 14.1. The van der Waals surface area contributed by atoms with E-state index in [-0.39, 0.29) is 5.91 Å². The summed E-state index contributed by atoms with van der Waals surface area (Å²) in [5.41, 5.74) is 1.60. The summed E-state index contributed by atoms with van der Waals surface area (Å²) < 4.78 is 5.22. The fourth-order valence-corrected chi connectivity index (χ4v) is 3.27. The third kappa shape index (κ3) is 4.71. The molecule has 0 aliphatic carbocycles. The number of ether oxygens (including phenoxy) is 1. The lowest BCUT2D eigenvalue weighted by molar-refractivity contribution is 0.0787. The first-order chi connectivity index (χ1) is 13.6. The standard InChI is InChI=1S/C21H29N5O2/c1-4-5-10-24(2)21(27)19-15-23-20(16-22-19)26-13-11-25(12-14-26)17-6-8-18(28-3)9-7-17/h6-9,15-16H,4-5,10-14H2,1-3H3. The summed E-state index contributed by atoms with van der Waals surface area (Å²) >= 11 is 0. The first-order valence-corrected chi connectivity index (χ1v) is 9.84. The number of rotatable bonds is 7. The number of unbranched alkanes of at least 4 members (excludes halogenated alkanes) is 1. The lowest BCUT2D eigenvalue weighted by Crippen LogP contribution is -2.46. The van der Waals surface area contributed by atoms with Crippen molar-refractivity contribution >= 4 is 17.4 Å². The number of amides is 1. The second-order valence-corrected chi connectivity index (χ2v) is 7.01. The molecule has 0 atom stereocenters. The van der Waals surface area contributed by atoms with Gasteiger partial charge in [-0.1, -0.05) is 13.3 Å². The summed E-state index contributed by atoms with van der Waals surface area (Å²) in [4.78, 5) is 27.5. The molecule has 0 N–H and O–H groups in total. The van der Waals surface area contributed by atoms with Crippen LogP contribution < -0.4 is 14.5 Å². The summed E-state index contributed by atoms with van der Waals surface area (Å²) in [6.07, 6.45) is 5.36. The van der Waals surface area contributed by atoms with E-state index in [1.54, 1.807) is 24.4 Å². The van der Waals surface area contributed by atoms with Gasteiger partial charge in [-0.3, -0.25) is 4.79 Å². The first-order valence-electron chi connectivity index (χ1n) is 9.84. The summed E-state index contributed by atoms with van der Waals surface area (Å²) in [7, 11) is 3.49. The number of hydrogen-bond donors (Lipinski definition) is 0. The smallest absolute Gasteiger partial charge is 0.273 e. The van der Waals surface area contributed by atoms with Crippen molar-refractivity contribution in [1.82, 2.24) is 14.9 Å². The molecule has 7 nitrogen and oxygen atoms in total. The van der Waals surface area contributed by atoms with Gasteiger partial charge in [0.05, 0.1) is 19.5 Å². The van der Waals surface area contributed by atoms with Crippen LogP contribution in [0.15, 0.2) is 36.7 Å². The van der Waals surface area contributed by atoms with Gasteiger partial charge in [-0.05, 0) is 30.7 Å². The van der Waals surface area contributed by atoms with Crippen molar-refractivity contribution in [2.24, 2.45) is 0 Å². The highest BCUT2D eigenvalue weighted by Gasteiger charge is 2.20. The minimum Gasteiger partial charge on any atom is -0.497 e. The molecule has 0 spiro atoms. The highest BCUT2D eigenvalue weighted by Crippen LogP contribution is 2.22. The first kappa shape index (κ1) is 19.9. The largest absolute Gasteiger partial charge is 0.497 e. The Morgan fingerprint density at radius 1 is 1.07 bits per heavy atom. The van der Waals surface area contributed by atoms with E-state index in [9.17, 15) is 4.79 Å². The van der Waals surface area contributed by atoms with Crippen LogP contribution in [0.4, 0.5) is 11.5 Å². The Labute approximate surface area is 166 Å². The molecular formula is C21H29N5O2. The van der Waals surface area contributed by atoms with Crippen LogP contribution in [-0.4, -0.2) is 67.7 Å². The molecule has 1 aliphatic heterocycles. The number of carbonyl (C=O) groups is 1. The van der Waals surface area contributed by atoms with Gasteiger partial charge in [-0.2, -0.15) is 0 Å². The molecule has 0 unspecified atom stereocenters. The molecule has 7 heteroatoms. The molecule has 1 aromatic carbocycles. The Morgan fingerprint density at radius 2 is 1.75 bits per heavy atom. The summed E-state index contributed by atoms with van der Waals surface area (Å²) in [6.45, 7) is 6.41. The number of nitrogens with zero attached hydrogens (tertiary/aromatic N) is 5. The number of benzene rings is 1. The van der Waals surface area contributed by atoms with Crippen molar-refractivity contribution in [3.8, 4) is 5.75 Å². The minimum atomic E-state index is -0.0724. The van der Waals surface area contributed by atoms with Crippen LogP contribution in [0, 0.1) is 0 Å². The highest BCUT2D eigenvalue weighted by molar-refractivity contribution is 5.91. The molecule has 1 fully saturated rings. The number of piperazine rings is 1. The van der Waals surface area contributed by atoms with E-state index < -0.39 is 0 Å². The molecule has 0 radical (unpaired) electrons. The van der Waals surface area contributed by atoms with Crippen molar-refractivity contribution in [3.05, 3.63) is 42.4 Å². The molecule has 1 aliphatic rings. The maximum absolute atomic E-state index is 12.4. The second kappa shape index (κ2) is 9.39. The fraction of sp³-hybridized carbons (Fsp3) is 0.476. The molecule has 0 bridgehead atoms. The van der Waals surface area contributed by atoms with Gasteiger partial charge in [-0.25, -0.2) is 9.97 Å². The van der Waals surface area contributed by atoms with Crippen LogP contribution in [0.3, 0.4) is 0 Å². The summed E-state index contributed by atoms with van der Waals surface area (Å²) in [5.74, 6) is 1.62. The number of methoxy groups -OCH3 is 1. The molecule has 0 saturated carbocycles. The van der Waals surface area contributed by atoms with Crippen molar-refractivity contribution in [2.45, 2.75) is 19.8 Å². The Morgan fingerprint density at radius 3 is 2.32 bits per heavy atom. The Balaban J connectivity index is 1.56. The topological polar surface area (TPSA) is 61.8 Å². The average Bonchev–Trinajstić information content (AvgIpc) is 2.77. The maximum atomic E-state index is 12.4. The zero-order valence-corrected chi connectivity index (χ0v) is 17.0. The van der Waals surface area contributed by atoms with Crippen molar-refractivity contribution in [1.29, 1.82) is 0 Å². The van der Waals surface area contributed by atoms with Gasteiger partial charge in [-0.15, -0.1) is 0 Å². The van der Waals surface area contributed by atoms with Crippen LogP contribution in [0.1, 0.15) is 30.3 Å². The lowest BCUT2D eigenvalue weighted by Gasteiger charge is -2.36. The van der Waals surface area contributed by atoms with Gasteiger partial charge in [0, 0.05) is 45.5 Å². The zero-order chi connectivity index (χ0) is 19.9. The Hall–Kier alpha value is -2.83. The molecule has 28 heavy (non-hydrogen) atoms. The summed E-state index contributed by atoms with van der Waals surface area (Å²) in [5, 5.41) is 0. The number of anilines is 2. The van der Waals surface area contributed by atoms with E-state index in [1.807, 2.05) is 19.2 Å². The van der Waals surface area contributed by atoms with Crippen molar-refractivity contribution in [2.75, 3.05) is 56.7 Å². The lowest BCUT2D eigenvalue weighted by atomic mass is 10.2. The van der Waals surface area contributed by atoms with E-state index in [4.69, 9.17) is 4.74 Å². The van der Waals surface area contributed by atoms with Crippen LogP contribution in [-0.2, 0) is 0 Å². The van der Waals surface area contributed by atoms with E-state index >= 15 is 0 Å². The monoisotopic (exact) mass is 383 g/mol. The van der Waals surface area contributed by atoms with Gasteiger partial charge in [0.1, 0.15) is 17.3 Å². The van der Waals surface area contributed by atoms with Crippen LogP contribution in [0.25, 0.3) is 0 Å². The second-order valence-electron chi connectivity index (χ2n) is 7.01. The average molecular weight is 383 g/mol. The van der Waals surface area contributed by atoms with Crippen molar-refractivity contribution in [3.63, 3.8) is 0 Å². The number of hydrogen-bond acceptors (Lipinski definition) is 6. The zero-order valence-electron chi connectivity index (χ0n) is 17.0. The highest BCUT2D eigenvalue weighted by atomic mass is 16.5. The Bertz CT molecular complexity index is 755. The molecule has 1 saturated heterocycles. The van der Waals surface area contributed by atoms with Crippen LogP contribution in [0.5, 0.6) is 5.75 Å². The third-order valence-corrected chi connectivity index (χ3v) is 5.09. The predicted molar refractivity (Wildman–Crippen MR) is 111 cm³/mol. The molecule has 3 rings (SSSR count). The molecule has 1 aromatic heterocycles. The van der Waals surface area contributed by atoms with Gasteiger partial charge in [0.2, 0.25) is 0 Å². The van der Waals surface area contributed by atoms with Crippen LogP contribution >= 0.6 is 0 Å². The van der Waals surface area contributed by atoms with E-state index in [1.165, 1.54) is 5.69 Å². The van der Waals surface area contributed by atoms with Crippen LogP contribution in [0.2, 0.25) is 0 Å². The number of aromatic nitrogens is 2. The maximum Gasteiger partial charge on any atom is 0.273 e. The quantitative estimate of drug-likeness (QED) is 0.733. The van der Waals surface area contributed by atoms with Gasteiger partial charge in [0.15, 0.2) is 0 Å². The molecule has 2 heterocycles. The Kier molecular flexibility index (Phi) is 6.68.